The van der Waals surface area contributed by atoms with Crippen LogP contribution in [0.15, 0.2) is 186 Å². The zero-order chi connectivity index (χ0) is 43.6. The van der Waals surface area contributed by atoms with E-state index in [-0.39, 0.29) is 60.7 Å². The topological polar surface area (TPSA) is 13.1 Å². The van der Waals surface area contributed by atoms with Gasteiger partial charge in [0.15, 0.2) is 0 Å². The molecule has 0 aliphatic rings. The number of benzene rings is 9. The molecule has 0 fully saturated rings. The third-order valence-corrected chi connectivity index (χ3v) is 9.18. The van der Waals surface area contributed by atoms with E-state index in [9.17, 15) is 5.48 Å². The molecule has 0 amide bonds. The summed E-state index contributed by atoms with van der Waals surface area (Å²) < 4.78 is 123. The van der Waals surface area contributed by atoms with E-state index in [2.05, 4.69) is 0 Å². The molecule has 10 aromatic rings. The van der Waals surface area contributed by atoms with Gasteiger partial charge in [-0.3, -0.25) is 0 Å². The van der Waals surface area contributed by atoms with Crippen molar-refractivity contribution in [2.24, 2.45) is 0 Å². The molecule has 1 nitrogen and oxygen atoms in total. The maximum Gasteiger partial charge on any atom is 0.143 e. The molecule has 0 unspecified atom stereocenters. The molecule has 228 valence electrons. The minimum Gasteiger partial charge on any atom is -0.455 e. The van der Waals surface area contributed by atoms with Gasteiger partial charge in [-0.2, -0.15) is 0 Å². The summed E-state index contributed by atoms with van der Waals surface area (Å²) >= 11 is 0. The van der Waals surface area contributed by atoms with Gasteiger partial charge in [-0.25, -0.2) is 0 Å². The molecule has 0 spiro atoms. The number of hydrogen-bond donors (Lipinski definition) is 0. The molecule has 1 aromatic heterocycles. The summed E-state index contributed by atoms with van der Waals surface area (Å²) in [5, 5.41) is 3.95. The molecule has 0 saturated carbocycles. The van der Waals surface area contributed by atoms with Crippen LogP contribution in [0.3, 0.4) is 0 Å². The molecule has 9 aromatic carbocycles. The Hall–Kier alpha value is -6.44. The number of rotatable bonds is 4. The lowest BCUT2D eigenvalue weighted by molar-refractivity contribution is 0.633. The predicted molar refractivity (Wildman–Crippen MR) is 208 cm³/mol. The standard InChI is InChI=1S/C48H30O/c1-3-14-31(15-4-1)35-28-29-41-43(30-35)49-48(42-25-13-19-34-27-26-32-16-7-8-20-36(32)44(34)42)47(41)46-39-23-11-9-21-37(39)45(33-17-5-2-6-18-33)38-22-10-12-24-40(38)46/h1-30H/i1D,3D,4D,9D,10D,11D,12D,14D,15D,21D,22D,23D,24D. The minimum atomic E-state index is -0.545. The predicted octanol–water partition coefficient (Wildman–Crippen LogP) is 13.7. The van der Waals surface area contributed by atoms with Crippen LogP contribution in [0.4, 0.5) is 0 Å². The van der Waals surface area contributed by atoms with Crippen molar-refractivity contribution >= 4 is 54.1 Å². The first-order valence-electron chi connectivity index (χ1n) is 22.3. The quantitative estimate of drug-likeness (QED) is 0.139. The molecule has 0 aliphatic heterocycles. The Balaban J connectivity index is 1.49. The van der Waals surface area contributed by atoms with Gasteiger partial charge >= 0.3 is 0 Å². The van der Waals surface area contributed by atoms with Gasteiger partial charge in [0, 0.05) is 27.5 Å². The number of hydrogen-bond acceptors (Lipinski definition) is 1. The van der Waals surface area contributed by atoms with Crippen molar-refractivity contribution < 1.29 is 22.2 Å². The first kappa shape index (κ1) is 17.6. The molecule has 0 radical (unpaired) electrons. The zero-order valence-electron chi connectivity index (χ0n) is 38.7. The maximum absolute atomic E-state index is 9.59. The fraction of sp³-hybridized carbons (Fsp3) is 0. The summed E-state index contributed by atoms with van der Waals surface area (Å²) in [7, 11) is 0. The van der Waals surface area contributed by atoms with Crippen LogP contribution < -0.4 is 0 Å². The molecule has 1 heteroatoms. The largest absolute Gasteiger partial charge is 0.455 e. The van der Waals surface area contributed by atoms with Crippen molar-refractivity contribution in [3.05, 3.63) is 182 Å². The van der Waals surface area contributed by atoms with Gasteiger partial charge in [0.2, 0.25) is 0 Å². The Morgan fingerprint density at radius 3 is 1.78 bits per heavy atom. The van der Waals surface area contributed by atoms with Gasteiger partial charge in [0.05, 0.1) is 17.8 Å². The van der Waals surface area contributed by atoms with Crippen molar-refractivity contribution in [1.82, 2.24) is 0 Å². The van der Waals surface area contributed by atoms with Gasteiger partial charge in [-0.15, -0.1) is 0 Å². The first-order valence-corrected chi connectivity index (χ1v) is 15.8. The maximum atomic E-state index is 9.59. The Morgan fingerprint density at radius 2 is 1.02 bits per heavy atom. The van der Waals surface area contributed by atoms with E-state index in [0.29, 0.717) is 16.5 Å². The van der Waals surface area contributed by atoms with E-state index in [1.165, 1.54) is 0 Å². The highest BCUT2D eigenvalue weighted by Crippen LogP contribution is 2.51. The first-order chi connectivity index (χ1) is 29.7. The lowest BCUT2D eigenvalue weighted by atomic mass is 9.84. The molecule has 0 saturated heterocycles. The van der Waals surface area contributed by atoms with E-state index < -0.39 is 78.6 Å². The van der Waals surface area contributed by atoms with Crippen molar-refractivity contribution in [2.45, 2.75) is 0 Å². The van der Waals surface area contributed by atoms with Gasteiger partial charge in [0.25, 0.3) is 0 Å². The Morgan fingerprint density at radius 1 is 0.388 bits per heavy atom. The molecular formula is C48H30O. The van der Waals surface area contributed by atoms with Crippen molar-refractivity contribution in [3.63, 3.8) is 0 Å². The molecule has 0 aliphatic carbocycles. The highest BCUT2D eigenvalue weighted by molar-refractivity contribution is 6.26. The Labute approximate surface area is 302 Å². The van der Waals surface area contributed by atoms with Crippen molar-refractivity contribution in [1.29, 1.82) is 0 Å². The molecule has 1 heterocycles. The lowest BCUT2D eigenvalue weighted by Crippen LogP contribution is -1.92. The van der Waals surface area contributed by atoms with E-state index in [1.807, 2.05) is 54.6 Å². The third-order valence-electron chi connectivity index (χ3n) is 9.18. The Kier molecular flexibility index (Phi) is 3.99. The van der Waals surface area contributed by atoms with Crippen LogP contribution in [-0.4, -0.2) is 0 Å². The average Bonchev–Trinajstić information content (AvgIpc) is 3.67. The summed E-state index contributed by atoms with van der Waals surface area (Å²) in [6.45, 7) is 0. The number of furan rings is 1. The highest BCUT2D eigenvalue weighted by atomic mass is 16.3. The molecule has 10 rings (SSSR count). The summed E-state index contributed by atoms with van der Waals surface area (Å²) in [5.41, 5.74) is 2.02. The van der Waals surface area contributed by atoms with E-state index in [0.717, 1.165) is 21.5 Å². The second-order valence-electron chi connectivity index (χ2n) is 11.8. The fourth-order valence-corrected chi connectivity index (χ4v) is 7.10. The molecule has 0 bridgehead atoms. The monoisotopic (exact) mass is 635 g/mol. The highest BCUT2D eigenvalue weighted by Gasteiger charge is 2.25. The van der Waals surface area contributed by atoms with E-state index in [4.69, 9.17) is 16.8 Å². The van der Waals surface area contributed by atoms with Crippen LogP contribution in [-0.2, 0) is 0 Å². The molecular weight excluding hydrogens is 593 g/mol. The summed E-state index contributed by atoms with van der Waals surface area (Å²) in [6.07, 6.45) is 0. The molecule has 0 atom stereocenters. The van der Waals surface area contributed by atoms with Gasteiger partial charge in [-0.05, 0) is 72.1 Å². The SMILES string of the molecule is [2H]c1c([2H])c([2H])c(-c2ccc3c(-c4c5c([2H])c([2H])c([2H])c([2H])c5c(-c5ccccc5)c5c([2H])c([2H])c([2H])c([2H])c45)c(-c4cccc5ccc6ccccc6c45)oc3c2)c([2H])c1[2H]. The second-order valence-corrected chi connectivity index (χ2v) is 11.8. The minimum absolute atomic E-state index is 0.0103. The smallest absolute Gasteiger partial charge is 0.143 e. The average molecular weight is 636 g/mol. The van der Waals surface area contributed by atoms with E-state index in [1.54, 1.807) is 48.5 Å². The van der Waals surface area contributed by atoms with E-state index >= 15 is 0 Å². The van der Waals surface area contributed by atoms with Crippen LogP contribution in [0, 0.1) is 0 Å². The number of fused-ring (bicyclic) bond motifs is 6. The lowest BCUT2D eigenvalue weighted by Gasteiger charge is -2.18. The van der Waals surface area contributed by atoms with Gasteiger partial charge in [-0.1, -0.05) is 170 Å². The van der Waals surface area contributed by atoms with Crippen LogP contribution in [0.1, 0.15) is 17.8 Å². The van der Waals surface area contributed by atoms with Crippen LogP contribution in [0.25, 0.3) is 98.8 Å². The van der Waals surface area contributed by atoms with Crippen LogP contribution in [0.2, 0.25) is 0 Å². The molecule has 49 heavy (non-hydrogen) atoms. The fourth-order valence-electron chi connectivity index (χ4n) is 7.10. The normalized spacial score (nSPS) is 15.4. The van der Waals surface area contributed by atoms with Crippen molar-refractivity contribution in [3.8, 4) is 44.7 Å². The zero-order valence-corrected chi connectivity index (χ0v) is 25.7. The third kappa shape index (κ3) is 4.33. The Bertz CT molecular complexity index is 3510. The van der Waals surface area contributed by atoms with Crippen LogP contribution >= 0.6 is 0 Å². The van der Waals surface area contributed by atoms with Crippen molar-refractivity contribution in [2.75, 3.05) is 0 Å². The molecule has 0 N–H and O–H groups in total. The van der Waals surface area contributed by atoms with Crippen LogP contribution in [0.5, 0.6) is 0 Å². The van der Waals surface area contributed by atoms with Gasteiger partial charge in [0.1, 0.15) is 11.3 Å². The second kappa shape index (κ2) is 11.1. The summed E-state index contributed by atoms with van der Waals surface area (Å²) in [5.74, 6) is 0.218. The summed E-state index contributed by atoms with van der Waals surface area (Å²) in [6, 6.07) is 24.8. The van der Waals surface area contributed by atoms with Gasteiger partial charge < -0.3 is 4.42 Å². The summed E-state index contributed by atoms with van der Waals surface area (Å²) in [4.78, 5) is 0.